The second-order valence-electron chi connectivity index (χ2n) is 4.44. The molecule has 1 amide bonds. The molecule has 0 saturated carbocycles. The number of amides is 1. The lowest BCUT2D eigenvalue weighted by Crippen LogP contribution is -2.21. The fourth-order valence-electron chi connectivity index (χ4n) is 1.74. The number of hydrogen-bond donors (Lipinski definition) is 2. The third-order valence-corrected chi connectivity index (χ3v) is 2.79. The van der Waals surface area contributed by atoms with Crippen LogP contribution in [0.1, 0.15) is 31.2 Å². The monoisotopic (exact) mass is 276 g/mol. The summed E-state index contributed by atoms with van der Waals surface area (Å²) in [4.78, 5) is 10.3. The van der Waals surface area contributed by atoms with Crippen LogP contribution in [-0.2, 0) is 6.42 Å². The molecule has 0 aliphatic carbocycles. The molecule has 0 bridgehead atoms. The summed E-state index contributed by atoms with van der Waals surface area (Å²) in [6, 6.07) is 9.97. The maximum absolute atomic E-state index is 10.3. The van der Waals surface area contributed by atoms with Crippen molar-refractivity contribution < 1.29 is 14.6 Å². The van der Waals surface area contributed by atoms with E-state index in [1.54, 1.807) is 0 Å². The molecule has 0 aliphatic heterocycles. The molecule has 108 valence electrons. The van der Waals surface area contributed by atoms with Crippen molar-refractivity contribution in [2.75, 3.05) is 13.2 Å². The van der Waals surface area contributed by atoms with Crippen LogP contribution in [0.2, 0.25) is 0 Å². The van der Waals surface area contributed by atoms with Gasteiger partial charge in [0.1, 0.15) is 5.75 Å². The molecule has 0 fully saturated rings. The van der Waals surface area contributed by atoms with E-state index in [0.717, 1.165) is 31.4 Å². The molecule has 0 atom stereocenters. The number of unbranched alkanes of at least 4 members (excludes halogenated alkanes) is 2. The zero-order valence-electron chi connectivity index (χ0n) is 11.5. The van der Waals surface area contributed by atoms with Gasteiger partial charge in [0.25, 0.3) is 0 Å². The summed E-state index contributed by atoms with van der Waals surface area (Å²) in [6.07, 6.45) is 3.00. The number of nitrogens with zero attached hydrogens (tertiary/aromatic N) is 1. The van der Waals surface area contributed by atoms with Crippen LogP contribution in [0.15, 0.2) is 24.3 Å². The van der Waals surface area contributed by atoms with E-state index in [2.05, 4.69) is 11.4 Å². The van der Waals surface area contributed by atoms with E-state index >= 15 is 0 Å². The molecule has 0 saturated heterocycles. The lowest BCUT2D eigenvalue weighted by Gasteiger charge is -2.06. The van der Waals surface area contributed by atoms with Gasteiger partial charge in [0.2, 0.25) is 0 Å². The zero-order valence-corrected chi connectivity index (χ0v) is 11.5. The van der Waals surface area contributed by atoms with Gasteiger partial charge < -0.3 is 15.2 Å². The van der Waals surface area contributed by atoms with Crippen LogP contribution in [0, 0.1) is 11.3 Å². The Morgan fingerprint density at radius 2 is 2.00 bits per heavy atom. The Morgan fingerprint density at radius 3 is 2.65 bits per heavy atom. The first-order chi connectivity index (χ1) is 9.72. The predicted octanol–water partition coefficient (Wildman–Crippen LogP) is 2.96. The maximum atomic E-state index is 10.3. The Balaban J connectivity index is 2.18. The molecule has 0 unspecified atom stereocenters. The van der Waals surface area contributed by atoms with Gasteiger partial charge in [-0.15, -0.1) is 0 Å². The third kappa shape index (κ3) is 7.27. The lowest BCUT2D eigenvalue weighted by atomic mass is 10.1. The molecule has 20 heavy (non-hydrogen) atoms. The van der Waals surface area contributed by atoms with Gasteiger partial charge in [-0.2, -0.15) is 5.26 Å². The minimum atomic E-state index is -0.970. The van der Waals surface area contributed by atoms with Crippen LogP contribution in [-0.4, -0.2) is 24.4 Å². The van der Waals surface area contributed by atoms with E-state index in [-0.39, 0.29) is 0 Å². The minimum Gasteiger partial charge on any atom is -0.494 e. The Kier molecular flexibility index (Phi) is 7.66. The van der Waals surface area contributed by atoms with E-state index in [0.29, 0.717) is 19.6 Å². The largest absolute Gasteiger partial charge is 0.494 e. The van der Waals surface area contributed by atoms with Gasteiger partial charge in [-0.1, -0.05) is 12.1 Å². The van der Waals surface area contributed by atoms with Crippen LogP contribution < -0.4 is 10.1 Å². The zero-order chi connectivity index (χ0) is 14.6. The summed E-state index contributed by atoms with van der Waals surface area (Å²) < 4.78 is 5.51. The standard InChI is InChI=1S/C15H20N2O3/c16-10-2-4-12-20-14-8-6-13(7-9-14)5-1-3-11-17-15(18)19/h6-9,17H,1-5,11-12H2,(H,18,19). The van der Waals surface area contributed by atoms with E-state index in [4.69, 9.17) is 15.1 Å². The van der Waals surface area contributed by atoms with E-state index in [9.17, 15) is 4.79 Å². The molecule has 1 aromatic carbocycles. The number of benzene rings is 1. The van der Waals surface area contributed by atoms with E-state index < -0.39 is 6.09 Å². The van der Waals surface area contributed by atoms with Gasteiger partial charge in [-0.3, -0.25) is 0 Å². The Bertz CT molecular complexity index is 437. The molecule has 0 aliphatic rings. The molecular weight excluding hydrogens is 256 g/mol. The molecule has 1 rings (SSSR count). The third-order valence-electron chi connectivity index (χ3n) is 2.79. The van der Waals surface area contributed by atoms with Crippen LogP contribution in [0.5, 0.6) is 5.75 Å². The van der Waals surface area contributed by atoms with Crippen molar-refractivity contribution >= 4 is 6.09 Å². The molecule has 0 heterocycles. The Morgan fingerprint density at radius 1 is 1.25 bits per heavy atom. The first kappa shape index (κ1) is 15.8. The number of rotatable bonds is 9. The second kappa shape index (κ2) is 9.68. The molecular formula is C15H20N2O3. The normalized spacial score (nSPS) is 9.75. The van der Waals surface area contributed by atoms with E-state index in [1.807, 2.05) is 24.3 Å². The molecule has 1 aromatic rings. The number of nitrogens with one attached hydrogen (secondary N) is 1. The topological polar surface area (TPSA) is 82.3 Å². The van der Waals surface area contributed by atoms with Gasteiger partial charge in [0, 0.05) is 13.0 Å². The Labute approximate surface area is 119 Å². The quantitative estimate of drug-likeness (QED) is 0.679. The molecule has 5 heteroatoms. The van der Waals surface area contributed by atoms with Crippen molar-refractivity contribution in [2.24, 2.45) is 0 Å². The number of nitriles is 1. The van der Waals surface area contributed by atoms with Crippen molar-refractivity contribution in [3.8, 4) is 11.8 Å². The van der Waals surface area contributed by atoms with Gasteiger partial charge in [-0.25, -0.2) is 4.79 Å². The Hall–Kier alpha value is -2.22. The van der Waals surface area contributed by atoms with Crippen LogP contribution >= 0.6 is 0 Å². The van der Waals surface area contributed by atoms with Crippen molar-refractivity contribution in [2.45, 2.75) is 32.1 Å². The fourth-order valence-corrected chi connectivity index (χ4v) is 1.74. The first-order valence-corrected chi connectivity index (χ1v) is 6.78. The number of hydrogen-bond acceptors (Lipinski definition) is 3. The highest BCUT2D eigenvalue weighted by Gasteiger charge is 1.98. The smallest absolute Gasteiger partial charge is 0.404 e. The molecule has 0 aromatic heterocycles. The number of ether oxygens (including phenoxy) is 1. The SMILES string of the molecule is N#CCCCOc1ccc(CCCCNC(=O)O)cc1. The highest BCUT2D eigenvalue weighted by molar-refractivity contribution is 5.64. The minimum absolute atomic E-state index is 0.495. The number of aryl methyl sites for hydroxylation is 1. The molecule has 2 N–H and O–H groups in total. The van der Waals surface area contributed by atoms with Crippen molar-refractivity contribution in [3.05, 3.63) is 29.8 Å². The van der Waals surface area contributed by atoms with Gasteiger partial charge in [0.15, 0.2) is 0 Å². The fraction of sp³-hybridized carbons (Fsp3) is 0.467. The highest BCUT2D eigenvalue weighted by atomic mass is 16.5. The summed E-state index contributed by atoms with van der Waals surface area (Å²) in [7, 11) is 0. The summed E-state index contributed by atoms with van der Waals surface area (Å²) in [5.41, 5.74) is 1.21. The summed E-state index contributed by atoms with van der Waals surface area (Å²) in [6.45, 7) is 1.06. The summed E-state index contributed by atoms with van der Waals surface area (Å²) >= 11 is 0. The first-order valence-electron chi connectivity index (χ1n) is 6.78. The van der Waals surface area contributed by atoms with Gasteiger partial charge in [0.05, 0.1) is 12.7 Å². The second-order valence-corrected chi connectivity index (χ2v) is 4.44. The summed E-state index contributed by atoms with van der Waals surface area (Å²) in [5.74, 6) is 0.819. The molecule has 0 radical (unpaired) electrons. The van der Waals surface area contributed by atoms with E-state index in [1.165, 1.54) is 5.56 Å². The van der Waals surface area contributed by atoms with Crippen LogP contribution in [0.25, 0.3) is 0 Å². The van der Waals surface area contributed by atoms with Gasteiger partial charge >= 0.3 is 6.09 Å². The molecule has 0 spiro atoms. The number of carbonyl (C=O) groups is 1. The summed E-state index contributed by atoms with van der Waals surface area (Å²) in [5, 5.41) is 19.2. The van der Waals surface area contributed by atoms with Crippen molar-refractivity contribution in [3.63, 3.8) is 0 Å². The lowest BCUT2D eigenvalue weighted by molar-refractivity contribution is 0.194. The molecule has 5 nitrogen and oxygen atoms in total. The van der Waals surface area contributed by atoms with Crippen molar-refractivity contribution in [1.82, 2.24) is 5.32 Å². The van der Waals surface area contributed by atoms with Crippen molar-refractivity contribution in [1.29, 1.82) is 5.26 Å². The average Bonchev–Trinajstić information content (AvgIpc) is 2.44. The average molecular weight is 276 g/mol. The highest BCUT2D eigenvalue weighted by Crippen LogP contribution is 2.14. The number of carboxylic acid groups (broad SMARTS) is 1. The predicted molar refractivity (Wildman–Crippen MR) is 75.7 cm³/mol. The van der Waals surface area contributed by atoms with Gasteiger partial charge in [-0.05, 0) is 43.4 Å². The van der Waals surface area contributed by atoms with Crippen LogP contribution in [0.4, 0.5) is 4.79 Å². The maximum Gasteiger partial charge on any atom is 0.404 e. The van der Waals surface area contributed by atoms with Crippen LogP contribution in [0.3, 0.4) is 0 Å².